The molecule has 9 nitrogen and oxygen atoms in total. The number of rotatable bonds is 10. The first-order chi connectivity index (χ1) is 20.2. The summed E-state index contributed by atoms with van der Waals surface area (Å²) < 4.78 is 44.0. The maximum Gasteiger partial charge on any atom is 0.255 e. The number of pyridine rings is 1. The van der Waals surface area contributed by atoms with E-state index in [0.717, 1.165) is 50.0 Å². The second-order valence-electron chi connectivity index (χ2n) is 10.2. The predicted octanol–water partition coefficient (Wildman–Crippen LogP) is 6.14. The third-order valence-corrected chi connectivity index (χ3v) is 7.40. The van der Waals surface area contributed by atoms with Gasteiger partial charge in [0.2, 0.25) is 15.9 Å². The van der Waals surface area contributed by atoms with Crippen LogP contribution in [-0.4, -0.2) is 49.6 Å². The Morgan fingerprint density at radius 1 is 0.907 bits per heavy atom. The molecule has 0 spiro atoms. The van der Waals surface area contributed by atoms with Gasteiger partial charge < -0.3 is 15.4 Å². The number of hydrogen-bond acceptors (Lipinski definition) is 7. The highest BCUT2D eigenvalue weighted by molar-refractivity contribution is 7.92. The summed E-state index contributed by atoms with van der Waals surface area (Å²) in [6, 6.07) is 23.9. The molecule has 4 aromatic rings. The van der Waals surface area contributed by atoms with E-state index in [-0.39, 0.29) is 24.1 Å². The summed E-state index contributed by atoms with van der Waals surface area (Å²) in [6.45, 7) is 2.69. The SMILES string of the molecule is CS(=O)(=O)Nc1ccc(Oc2ccc(CN3CCC(Nc4ccc(C(=O)Nc5ccc(F)cc5)cc4)CC3)cn2)cc1.Cl. The van der Waals surface area contributed by atoms with Gasteiger partial charge in [-0.1, -0.05) is 6.07 Å². The van der Waals surface area contributed by atoms with Gasteiger partial charge in [-0.3, -0.25) is 14.4 Å². The van der Waals surface area contributed by atoms with Gasteiger partial charge >= 0.3 is 0 Å². The molecule has 1 amide bonds. The minimum atomic E-state index is -3.33. The minimum Gasteiger partial charge on any atom is -0.439 e. The van der Waals surface area contributed by atoms with Gasteiger partial charge in [-0.15, -0.1) is 12.4 Å². The summed E-state index contributed by atoms with van der Waals surface area (Å²) in [4.78, 5) is 19.3. The lowest BCUT2D eigenvalue weighted by atomic mass is 10.0. The zero-order valence-corrected chi connectivity index (χ0v) is 25.1. The Bertz CT molecular complexity index is 1600. The van der Waals surface area contributed by atoms with E-state index in [1.807, 2.05) is 30.5 Å². The average Bonchev–Trinajstić information content (AvgIpc) is 2.97. The van der Waals surface area contributed by atoms with Crippen LogP contribution < -0.4 is 20.1 Å². The number of aromatic nitrogens is 1. The molecule has 3 N–H and O–H groups in total. The van der Waals surface area contributed by atoms with Crippen LogP contribution >= 0.6 is 12.4 Å². The number of anilines is 3. The standard InChI is InChI=1S/C31H32FN5O4S.ClH/c1-42(39,40)36-28-11-13-29(14-12-28)41-30-15-2-22(20-33-30)21-37-18-16-27(17-19-37)34-25-7-3-23(4-8-25)31(38)35-26-9-5-24(32)6-10-26;/h2-15,20,27,34,36H,16-19,21H2,1H3,(H,35,38);1H. The van der Waals surface area contributed by atoms with Crippen molar-refractivity contribution in [1.82, 2.24) is 9.88 Å². The van der Waals surface area contributed by atoms with Crippen LogP contribution in [0.3, 0.4) is 0 Å². The first-order valence-electron chi connectivity index (χ1n) is 13.5. The van der Waals surface area contributed by atoms with E-state index < -0.39 is 10.0 Å². The molecule has 0 aliphatic carbocycles. The van der Waals surface area contributed by atoms with Crippen molar-refractivity contribution in [2.45, 2.75) is 25.4 Å². The monoisotopic (exact) mass is 625 g/mol. The van der Waals surface area contributed by atoms with Crippen LogP contribution in [0, 0.1) is 5.82 Å². The second-order valence-corrected chi connectivity index (χ2v) is 12.0. The lowest BCUT2D eigenvalue weighted by Crippen LogP contribution is -2.38. The predicted molar refractivity (Wildman–Crippen MR) is 169 cm³/mol. The normalized spacial score (nSPS) is 13.9. The highest BCUT2D eigenvalue weighted by Gasteiger charge is 2.19. The van der Waals surface area contributed by atoms with Gasteiger partial charge in [-0.2, -0.15) is 0 Å². The number of hydrogen-bond donors (Lipinski definition) is 3. The Balaban J connectivity index is 0.00000423. The molecule has 3 aromatic carbocycles. The molecular formula is C31H33ClFN5O4S. The van der Waals surface area contributed by atoms with Crippen LogP contribution in [0.1, 0.15) is 28.8 Å². The molecule has 1 aliphatic heterocycles. The summed E-state index contributed by atoms with van der Waals surface area (Å²) in [7, 11) is -3.33. The molecule has 1 aromatic heterocycles. The van der Waals surface area contributed by atoms with E-state index in [4.69, 9.17) is 4.74 Å². The number of nitrogens with zero attached hydrogens (tertiary/aromatic N) is 2. The smallest absolute Gasteiger partial charge is 0.255 e. The lowest BCUT2D eigenvalue weighted by Gasteiger charge is -2.32. The molecule has 0 bridgehead atoms. The fourth-order valence-electron chi connectivity index (χ4n) is 4.67. The van der Waals surface area contributed by atoms with Gasteiger partial charge in [0.05, 0.1) is 6.26 Å². The Kier molecular flexibility index (Phi) is 10.6. The van der Waals surface area contributed by atoms with E-state index in [0.29, 0.717) is 34.6 Å². The van der Waals surface area contributed by atoms with Crippen LogP contribution in [-0.2, 0) is 16.6 Å². The number of carbonyl (C=O) groups is 1. The summed E-state index contributed by atoms with van der Waals surface area (Å²) in [5.74, 6) is 0.435. The molecule has 0 atom stereocenters. The molecule has 0 unspecified atom stereocenters. The summed E-state index contributed by atoms with van der Waals surface area (Å²) in [5.41, 5.74) is 3.60. The summed E-state index contributed by atoms with van der Waals surface area (Å²) in [5, 5.41) is 6.34. The van der Waals surface area contributed by atoms with Crippen molar-refractivity contribution >= 4 is 45.4 Å². The van der Waals surface area contributed by atoms with E-state index in [9.17, 15) is 17.6 Å². The van der Waals surface area contributed by atoms with Gasteiger partial charge in [0.25, 0.3) is 5.91 Å². The van der Waals surface area contributed by atoms with Crippen LogP contribution in [0.4, 0.5) is 21.5 Å². The van der Waals surface area contributed by atoms with Crippen molar-refractivity contribution < 1.29 is 22.3 Å². The fraction of sp³-hybridized carbons (Fsp3) is 0.226. The average molecular weight is 626 g/mol. The van der Waals surface area contributed by atoms with Crippen LogP contribution in [0.5, 0.6) is 11.6 Å². The molecule has 1 saturated heterocycles. The van der Waals surface area contributed by atoms with Crippen molar-refractivity contribution in [3.8, 4) is 11.6 Å². The molecule has 0 radical (unpaired) electrons. The third-order valence-electron chi connectivity index (χ3n) is 6.79. The van der Waals surface area contributed by atoms with Crippen LogP contribution in [0.2, 0.25) is 0 Å². The van der Waals surface area contributed by atoms with Crippen LogP contribution in [0.25, 0.3) is 0 Å². The van der Waals surface area contributed by atoms with Gasteiger partial charge in [-0.05, 0) is 91.2 Å². The van der Waals surface area contributed by atoms with Crippen molar-refractivity contribution in [3.63, 3.8) is 0 Å². The number of sulfonamides is 1. The van der Waals surface area contributed by atoms with E-state index in [1.165, 1.54) is 24.3 Å². The molecule has 5 rings (SSSR count). The fourth-order valence-corrected chi connectivity index (χ4v) is 5.24. The van der Waals surface area contributed by atoms with E-state index >= 15 is 0 Å². The largest absolute Gasteiger partial charge is 0.439 e. The van der Waals surface area contributed by atoms with Gasteiger partial charge in [0, 0.05) is 60.6 Å². The topological polar surface area (TPSA) is 113 Å². The zero-order chi connectivity index (χ0) is 29.5. The number of nitrogens with one attached hydrogen (secondary N) is 3. The maximum absolute atomic E-state index is 13.1. The molecule has 226 valence electrons. The number of halogens is 2. The molecule has 0 saturated carbocycles. The number of piperidine rings is 1. The van der Waals surface area contributed by atoms with Crippen LogP contribution in [0.15, 0.2) is 91.1 Å². The molecule has 12 heteroatoms. The van der Waals surface area contributed by atoms with Crippen molar-refractivity contribution in [1.29, 1.82) is 0 Å². The number of amides is 1. The number of likely N-dealkylation sites (tertiary alicyclic amines) is 1. The number of benzene rings is 3. The Hall–Kier alpha value is -4.19. The third kappa shape index (κ3) is 9.67. The molecule has 1 aliphatic rings. The van der Waals surface area contributed by atoms with Crippen molar-refractivity contribution in [2.75, 3.05) is 34.7 Å². The first kappa shape index (κ1) is 31.7. The van der Waals surface area contributed by atoms with Gasteiger partial charge in [-0.25, -0.2) is 17.8 Å². The highest BCUT2D eigenvalue weighted by Crippen LogP contribution is 2.23. The second kappa shape index (κ2) is 14.3. The quantitative estimate of drug-likeness (QED) is 0.194. The van der Waals surface area contributed by atoms with E-state index in [2.05, 4.69) is 25.2 Å². The minimum absolute atomic E-state index is 0. The highest BCUT2D eigenvalue weighted by atomic mass is 35.5. The Labute approximate surface area is 256 Å². The van der Waals surface area contributed by atoms with Gasteiger partial charge in [0.1, 0.15) is 11.6 Å². The van der Waals surface area contributed by atoms with E-state index in [1.54, 1.807) is 36.4 Å². The summed E-state index contributed by atoms with van der Waals surface area (Å²) in [6.07, 6.45) is 4.90. The van der Waals surface area contributed by atoms with Crippen molar-refractivity contribution in [3.05, 3.63) is 108 Å². The Morgan fingerprint density at radius 2 is 1.53 bits per heavy atom. The maximum atomic E-state index is 13.1. The molecule has 1 fully saturated rings. The number of ether oxygens (including phenoxy) is 1. The molecular weight excluding hydrogens is 593 g/mol. The molecule has 43 heavy (non-hydrogen) atoms. The van der Waals surface area contributed by atoms with Gasteiger partial charge in [0.15, 0.2) is 0 Å². The zero-order valence-electron chi connectivity index (χ0n) is 23.5. The lowest BCUT2D eigenvalue weighted by molar-refractivity contribution is 0.102. The van der Waals surface area contributed by atoms with Crippen molar-refractivity contribution in [2.24, 2.45) is 0 Å². The number of carbonyl (C=O) groups excluding carboxylic acids is 1. The summed E-state index contributed by atoms with van der Waals surface area (Å²) >= 11 is 0. The molecule has 2 heterocycles. The Morgan fingerprint density at radius 3 is 2.14 bits per heavy atom. The first-order valence-corrected chi connectivity index (χ1v) is 15.4.